The van der Waals surface area contributed by atoms with Crippen molar-refractivity contribution in [3.63, 3.8) is 0 Å². The van der Waals surface area contributed by atoms with E-state index in [-0.39, 0.29) is 24.4 Å². The molecule has 19 heavy (non-hydrogen) atoms. The number of nitro benzene ring substituents is 1. The van der Waals surface area contributed by atoms with Crippen molar-refractivity contribution in [2.45, 2.75) is 32.6 Å². The van der Waals surface area contributed by atoms with Gasteiger partial charge in [0.1, 0.15) is 5.69 Å². The molecule has 104 valence electrons. The fraction of sp³-hybridized carbons (Fsp3) is 0.538. The number of ether oxygens (including phenoxy) is 1. The van der Waals surface area contributed by atoms with Crippen LogP contribution in [0.2, 0.25) is 0 Å². The average Bonchev–Trinajstić information content (AvgIpc) is 2.40. The van der Waals surface area contributed by atoms with Gasteiger partial charge in [-0.25, -0.2) is 0 Å². The summed E-state index contributed by atoms with van der Waals surface area (Å²) in [5.41, 5.74) is 1.17. The van der Waals surface area contributed by atoms with Crippen LogP contribution in [0, 0.1) is 10.1 Å². The summed E-state index contributed by atoms with van der Waals surface area (Å²) < 4.78 is 5.54. The van der Waals surface area contributed by atoms with Gasteiger partial charge in [-0.3, -0.25) is 10.1 Å². The summed E-state index contributed by atoms with van der Waals surface area (Å²) in [5.74, 6) is 0. The van der Waals surface area contributed by atoms with E-state index in [9.17, 15) is 10.1 Å². The van der Waals surface area contributed by atoms with Gasteiger partial charge in [-0.15, -0.1) is 0 Å². The smallest absolute Gasteiger partial charge is 0.292 e. The first-order chi connectivity index (χ1) is 9.02. The SMILES string of the molecule is CC1CN(c2ccc(CO)cc2[N+](=O)[O-])C(C)CO1. The van der Waals surface area contributed by atoms with E-state index < -0.39 is 4.92 Å². The molecular formula is C13H18N2O4. The second-order valence-electron chi connectivity index (χ2n) is 4.88. The highest BCUT2D eigenvalue weighted by atomic mass is 16.6. The van der Waals surface area contributed by atoms with Crippen molar-refractivity contribution in [2.75, 3.05) is 18.1 Å². The number of hydrogen-bond donors (Lipinski definition) is 1. The molecule has 0 saturated carbocycles. The zero-order valence-electron chi connectivity index (χ0n) is 11.1. The molecular weight excluding hydrogens is 248 g/mol. The van der Waals surface area contributed by atoms with E-state index in [1.165, 1.54) is 6.07 Å². The highest BCUT2D eigenvalue weighted by Crippen LogP contribution is 2.32. The van der Waals surface area contributed by atoms with Crippen LogP contribution in [0.25, 0.3) is 0 Å². The molecule has 1 N–H and O–H groups in total. The molecule has 0 amide bonds. The minimum atomic E-state index is -0.401. The summed E-state index contributed by atoms with van der Waals surface area (Å²) in [6.07, 6.45) is 0.0494. The highest BCUT2D eigenvalue weighted by Gasteiger charge is 2.28. The van der Waals surface area contributed by atoms with E-state index in [4.69, 9.17) is 9.84 Å². The number of anilines is 1. The van der Waals surface area contributed by atoms with Crippen molar-refractivity contribution in [2.24, 2.45) is 0 Å². The fourth-order valence-corrected chi connectivity index (χ4v) is 2.30. The Labute approximate surface area is 111 Å². The number of rotatable bonds is 3. The van der Waals surface area contributed by atoms with E-state index in [1.807, 2.05) is 18.7 Å². The molecule has 2 atom stereocenters. The summed E-state index contributed by atoms with van der Waals surface area (Å²) in [7, 11) is 0. The van der Waals surface area contributed by atoms with Crippen LogP contribution in [-0.4, -0.2) is 35.3 Å². The van der Waals surface area contributed by atoms with Gasteiger partial charge in [0.05, 0.1) is 24.2 Å². The van der Waals surface area contributed by atoms with Crippen LogP contribution in [0.3, 0.4) is 0 Å². The summed E-state index contributed by atoms with van der Waals surface area (Å²) in [4.78, 5) is 12.8. The van der Waals surface area contributed by atoms with E-state index in [2.05, 4.69) is 0 Å². The molecule has 0 radical (unpaired) electrons. The molecule has 2 unspecified atom stereocenters. The monoisotopic (exact) mass is 266 g/mol. The van der Waals surface area contributed by atoms with Gasteiger partial charge in [0, 0.05) is 18.7 Å². The number of hydrogen-bond acceptors (Lipinski definition) is 5. The van der Waals surface area contributed by atoms with Gasteiger partial charge < -0.3 is 14.7 Å². The second kappa shape index (κ2) is 5.54. The lowest BCUT2D eigenvalue weighted by molar-refractivity contribution is -0.384. The first kappa shape index (κ1) is 13.8. The molecule has 6 heteroatoms. The predicted molar refractivity (Wildman–Crippen MR) is 71.2 cm³/mol. The molecule has 1 fully saturated rings. The maximum atomic E-state index is 11.2. The van der Waals surface area contributed by atoms with Crippen LogP contribution >= 0.6 is 0 Å². The van der Waals surface area contributed by atoms with E-state index >= 15 is 0 Å². The Balaban J connectivity index is 2.40. The third-order valence-corrected chi connectivity index (χ3v) is 3.34. The lowest BCUT2D eigenvalue weighted by Crippen LogP contribution is -2.47. The van der Waals surface area contributed by atoms with Gasteiger partial charge in [-0.1, -0.05) is 6.07 Å². The molecule has 0 aromatic heterocycles. The Morgan fingerprint density at radius 3 is 2.89 bits per heavy atom. The van der Waals surface area contributed by atoms with Crippen LogP contribution in [0.4, 0.5) is 11.4 Å². The molecule has 6 nitrogen and oxygen atoms in total. The van der Waals surface area contributed by atoms with E-state index in [1.54, 1.807) is 12.1 Å². The van der Waals surface area contributed by atoms with Crippen molar-refractivity contribution in [1.82, 2.24) is 0 Å². The van der Waals surface area contributed by atoms with Crippen molar-refractivity contribution in [3.05, 3.63) is 33.9 Å². The van der Waals surface area contributed by atoms with Crippen LogP contribution < -0.4 is 4.90 Å². The van der Waals surface area contributed by atoms with E-state index in [0.29, 0.717) is 24.4 Å². The molecule has 1 heterocycles. The van der Waals surface area contributed by atoms with Crippen molar-refractivity contribution < 1.29 is 14.8 Å². The maximum absolute atomic E-state index is 11.2. The summed E-state index contributed by atoms with van der Waals surface area (Å²) in [5, 5.41) is 20.3. The Morgan fingerprint density at radius 1 is 1.53 bits per heavy atom. The zero-order valence-corrected chi connectivity index (χ0v) is 11.1. The molecule has 0 bridgehead atoms. The molecule has 1 aromatic rings. The molecule has 0 spiro atoms. The molecule has 1 aromatic carbocycles. The highest BCUT2D eigenvalue weighted by molar-refractivity contribution is 5.65. The van der Waals surface area contributed by atoms with E-state index in [0.717, 1.165) is 0 Å². The van der Waals surface area contributed by atoms with Crippen molar-refractivity contribution in [3.8, 4) is 0 Å². The van der Waals surface area contributed by atoms with Gasteiger partial charge in [-0.05, 0) is 25.5 Å². The van der Waals surface area contributed by atoms with Crippen LogP contribution in [-0.2, 0) is 11.3 Å². The minimum absolute atomic E-state index is 0.0347. The van der Waals surface area contributed by atoms with Crippen LogP contribution in [0.15, 0.2) is 18.2 Å². The number of benzene rings is 1. The molecule has 0 aliphatic carbocycles. The van der Waals surface area contributed by atoms with Gasteiger partial charge in [0.25, 0.3) is 5.69 Å². The summed E-state index contributed by atoms with van der Waals surface area (Å²) in [6, 6.07) is 4.95. The lowest BCUT2D eigenvalue weighted by atomic mass is 10.1. The molecule has 1 saturated heterocycles. The third-order valence-electron chi connectivity index (χ3n) is 3.34. The lowest BCUT2D eigenvalue weighted by Gasteiger charge is -2.38. The number of morpholine rings is 1. The first-order valence-electron chi connectivity index (χ1n) is 6.29. The number of aliphatic hydroxyl groups is 1. The third kappa shape index (κ3) is 2.85. The van der Waals surface area contributed by atoms with Gasteiger partial charge in [-0.2, -0.15) is 0 Å². The van der Waals surface area contributed by atoms with Crippen LogP contribution in [0.1, 0.15) is 19.4 Å². The quantitative estimate of drug-likeness (QED) is 0.665. The fourth-order valence-electron chi connectivity index (χ4n) is 2.30. The standard InChI is InChI=1S/C13H18N2O4/c1-9-8-19-10(2)6-14(9)12-4-3-11(7-16)5-13(12)15(17)18/h3-5,9-10,16H,6-8H2,1-2H3. The predicted octanol–water partition coefficient (Wildman–Crippen LogP) is 1.70. The molecule has 1 aliphatic heterocycles. The number of nitro groups is 1. The zero-order chi connectivity index (χ0) is 14.0. The van der Waals surface area contributed by atoms with Crippen molar-refractivity contribution >= 4 is 11.4 Å². The van der Waals surface area contributed by atoms with Gasteiger partial charge >= 0.3 is 0 Å². The number of aliphatic hydroxyl groups excluding tert-OH is 1. The normalized spacial score (nSPS) is 23.4. The van der Waals surface area contributed by atoms with Crippen molar-refractivity contribution in [1.29, 1.82) is 0 Å². The maximum Gasteiger partial charge on any atom is 0.292 e. The van der Waals surface area contributed by atoms with Gasteiger partial charge in [0.15, 0.2) is 0 Å². The Hall–Kier alpha value is -1.66. The Bertz CT molecular complexity index is 478. The second-order valence-corrected chi connectivity index (χ2v) is 4.88. The topological polar surface area (TPSA) is 75.8 Å². The Kier molecular flexibility index (Phi) is 4.01. The minimum Gasteiger partial charge on any atom is -0.392 e. The van der Waals surface area contributed by atoms with Crippen LogP contribution in [0.5, 0.6) is 0 Å². The first-order valence-corrected chi connectivity index (χ1v) is 6.29. The van der Waals surface area contributed by atoms with Gasteiger partial charge in [0.2, 0.25) is 0 Å². The summed E-state index contributed by atoms with van der Waals surface area (Å²) in [6.45, 7) is 4.92. The average molecular weight is 266 g/mol. The molecule has 1 aliphatic rings. The number of nitrogens with zero attached hydrogens (tertiary/aromatic N) is 2. The Morgan fingerprint density at radius 2 is 2.26 bits per heavy atom. The summed E-state index contributed by atoms with van der Waals surface area (Å²) >= 11 is 0. The molecule has 2 rings (SSSR count). The largest absolute Gasteiger partial charge is 0.392 e.